The first kappa shape index (κ1) is 45.5. The smallest absolute Gasteiger partial charge is 0.0620 e. The van der Waals surface area contributed by atoms with Gasteiger partial charge in [-0.1, -0.05) is 284 Å². The van der Waals surface area contributed by atoms with E-state index in [0.717, 1.165) is 6.42 Å². The van der Waals surface area contributed by atoms with Gasteiger partial charge in [0.2, 0.25) is 0 Å². The van der Waals surface area contributed by atoms with Gasteiger partial charge in [-0.05, 0) is 149 Å². The Balaban J connectivity index is 0.988. The molecule has 0 unspecified atom stereocenters. The van der Waals surface area contributed by atoms with Gasteiger partial charge in [-0.2, -0.15) is 0 Å². The number of hydrogen-bond acceptors (Lipinski definition) is 0. The summed E-state index contributed by atoms with van der Waals surface area (Å²) in [4.78, 5) is 0. The number of rotatable bonds is 6. The fourth-order valence-electron chi connectivity index (χ4n) is 12.8. The molecule has 0 radical (unpaired) electrons. The van der Waals surface area contributed by atoms with Crippen molar-refractivity contribution in [1.29, 1.82) is 0 Å². The van der Waals surface area contributed by atoms with Gasteiger partial charge < -0.3 is 0 Å². The van der Waals surface area contributed by atoms with Gasteiger partial charge in [0, 0.05) is 0 Å². The summed E-state index contributed by atoms with van der Waals surface area (Å²) >= 11 is 0. The first-order chi connectivity index (χ1) is 36.0. The van der Waals surface area contributed by atoms with Gasteiger partial charge in [-0.25, -0.2) is 0 Å². The summed E-state index contributed by atoms with van der Waals surface area (Å²) in [5, 5.41) is 10.1. The van der Waals surface area contributed by atoms with Gasteiger partial charge in [-0.15, -0.1) is 0 Å². The fraction of sp³-hybridized carbons (Fsp3) is 0.135. The third-order valence-electron chi connectivity index (χ3n) is 16.4. The summed E-state index contributed by atoms with van der Waals surface area (Å²) in [6.07, 6.45) is 0.900. The van der Waals surface area contributed by atoms with Crippen LogP contribution in [-0.2, 0) is 22.7 Å². The molecule has 0 atom stereocenters. The maximum Gasteiger partial charge on any atom is 0.0707 e. The summed E-state index contributed by atoms with van der Waals surface area (Å²) in [6.45, 7) is 13.7. The first-order valence-corrected chi connectivity index (χ1v) is 26.5. The molecule has 0 aromatic heterocycles. The average molecular weight is 949 g/mol. The Morgan fingerprint density at radius 2 is 0.486 bits per heavy atom. The van der Waals surface area contributed by atoms with Crippen LogP contribution in [0.3, 0.4) is 0 Å². The lowest BCUT2D eigenvalue weighted by molar-refractivity contribution is 0.590. The second kappa shape index (κ2) is 17.4. The van der Waals surface area contributed by atoms with Crippen molar-refractivity contribution in [2.45, 2.75) is 64.2 Å². The molecule has 0 spiro atoms. The van der Waals surface area contributed by atoms with Crippen molar-refractivity contribution in [1.82, 2.24) is 0 Å². The molecule has 0 heterocycles. The predicted molar refractivity (Wildman–Crippen MR) is 317 cm³/mol. The van der Waals surface area contributed by atoms with Gasteiger partial charge >= 0.3 is 0 Å². The Morgan fingerprint density at radius 1 is 0.257 bits per heavy atom. The van der Waals surface area contributed by atoms with Crippen LogP contribution in [0.4, 0.5) is 0 Å². The molecule has 356 valence electrons. The van der Waals surface area contributed by atoms with E-state index in [1.807, 2.05) is 0 Å². The van der Waals surface area contributed by atoms with Crippen LogP contribution in [0.5, 0.6) is 0 Å². The topological polar surface area (TPSA) is 0 Å². The molecule has 1 aliphatic carbocycles. The Labute approximate surface area is 436 Å². The van der Waals surface area contributed by atoms with Crippen LogP contribution in [0.25, 0.3) is 87.6 Å². The number of benzene rings is 12. The van der Waals surface area contributed by atoms with Crippen molar-refractivity contribution < 1.29 is 0 Å². The molecule has 12 aromatic carbocycles. The zero-order valence-corrected chi connectivity index (χ0v) is 43.3. The lowest BCUT2D eigenvalue weighted by atomic mass is 9.59. The predicted octanol–water partition coefficient (Wildman–Crippen LogP) is 19.8. The quantitative estimate of drug-likeness (QED) is 0.146. The van der Waals surface area contributed by atoms with E-state index in [1.54, 1.807) is 0 Å². The van der Waals surface area contributed by atoms with Crippen LogP contribution in [-0.4, -0.2) is 0 Å². The van der Waals surface area contributed by atoms with Crippen molar-refractivity contribution in [2.75, 3.05) is 0 Å². The molecule has 0 amide bonds. The standard InChI is InChI=1S/C74H60/c1-72(2,3)54-39-31-48(32-40-54)68-58-21-9-13-25-62(58)70(63-26-14-10-22-59(63)68)50-35-43-56(44-36-50)74(66-29-17-7-19-52(66)47-53-20-8-18-30-67(53)74)57-45-37-51(38-46-57)71-64-27-15-11-23-60(64)69(61-24-12-16-28-65(61)71)49-33-41-55(42-34-49)73(4,5)6/h7-46H,47H2,1-6H3. The zero-order chi connectivity index (χ0) is 50.3. The Morgan fingerprint density at radius 3 is 0.743 bits per heavy atom. The average Bonchev–Trinajstić information content (AvgIpc) is 3.44. The SMILES string of the molecule is CC(C)(C)c1ccc(-c2c3ccccc3c(-c3ccc(C4(c5ccc(-c6c7ccccc7c(-c7ccc(C(C)(C)C)cc7)c7ccccc67)cc5)c5ccccc5Cc5ccccc54)cc3)c3ccccc23)cc1. The van der Waals surface area contributed by atoms with E-state index in [1.165, 1.54) is 132 Å². The minimum Gasteiger partial charge on any atom is -0.0620 e. The summed E-state index contributed by atoms with van der Waals surface area (Å²) in [7, 11) is 0. The highest BCUT2D eigenvalue weighted by atomic mass is 14.4. The minimum atomic E-state index is -0.567. The van der Waals surface area contributed by atoms with Gasteiger partial charge in [0.05, 0.1) is 5.41 Å². The van der Waals surface area contributed by atoms with Crippen LogP contribution in [0.15, 0.2) is 243 Å². The molecule has 0 heteroatoms. The van der Waals surface area contributed by atoms with Crippen LogP contribution in [0, 0.1) is 0 Å². The Bertz CT molecular complexity index is 3730. The minimum absolute atomic E-state index is 0.0840. The molecule has 0 saturated carbocycles. The summed E-state index contributed by atoms with van der Waals surface area (Å²) in [5.74, 6) is 0. The molecule has 0 saturated heterocycles. The lowest BCUT2D eigenvalue weighted by Gasteiger charge is -2.42. The van der Waals surface area contributed by atoms with Crippen LogP contribution in [0.2, 0.25) is 0 Å². The highest BCUT2D eigenvalue weighted by Gasteiger charge is 2.43. The zero-order valence-electron chi connectivity index (χ0n) is 43.3. The second-order valence-electron chi connectivity index (χ2n) is 22.7. The van der Waals surface area contributed by atoms with E-state index in [0.29, 0.717) is 0 Å². The molecule has 0 fully saturated rings. The first-order valence-electron chi connectivity index (χ1n) is 26.5. The van der Waals surface area contributed by atoms with E-state index >= 15 is 0 Å². The van der Waals surface area contributed by atoms with Crippen LogP contribution >= 0.6 is 0 Å². The van der Waals surface area contributed by atoms with Crippen molar-refractivity contribution in [3.05, 3.63) is 287 Å². The van der Waals surface area contributed by atoms with Crippen molar-refractivity contribution in [2.24, 2.45) is 0 Å². The van der Waals surface area contributed by atoms with E-state index in [-0.39, 0.29) is 10.8 Å². The normalized spacial score (nSPS) is 13.3. The second-order valence-corrected chi connectivity index (χ2v) is 22.7. The van der Waals surface area contributed by atoms with Crippen molar-refractivity contribution in [3.8, 4) is 44.5 Å². The molecular formula is C74H60. The van der Waals surface area contributed by atoms with E-state index in [4.69, 9.17) is 0 Å². The van der Waals surface area contributed by atoms with Crippen LogP contribution < -0.4 is 0 Å². The van der Waals surface area contributed by atoms with Crippen molar-refractivity contribution >= 4 is 43.1 Å². The molecule has 13 rings (SSSR count). The molecule has 0 N–H and O–H groups in total. The van der Waals surface area contributed by atoms with Gasteiger partial charge in [0.15, 0.2) is 0 Å². The molecular weight excluding hydrogens is 889 g/mol. The van der Waals surface area contributed by atoms with E-state index in [9.17, 15) is 0 Å². The monoisotopic (exact) mass is 948 g/mol. The number of fused-ring (bicyclic) bond motifs is 6. The summed E-state index contributed by atoms with van der Waals surface area (Å²) in [6, 6.07) is 92.2. The third kappa shape index (κ3) is 7.26. The Hall–Kier alpha value is -8.32. The lowest BCUT2D eigenvalue weighted by Crippen LogP contribution is -2.36. The third-order valence-corrected chi connectivity index (χ3v) is 16.4. The van der Waals surface area contributed by atoms with Gasteiger partial charge in [0.25, 0.3) is 0 Å². The van der Waals surface area contributed by atoms with Crippen LogP contribution in [0.1, 0.15) is 86.1 Å². The van der Waals surface area contributed by atoms with Gasteiger partial charge in [0.1, 0.15) is 0 Å². The molecule has 74 heavy (non-hydrogen) atoms. The van der Waals surface area contributed by atoms with Crippen molar-refractivity contribution in [3.63, 3.8) is 0 Å². The fourth-order valence-corrected chi connectivity index (χ4v) is 12.8. The summed E-state index contributed by atoms with van der Waals surface area (Å²) in [5.41, 5.74) is 20.3. The maximum atomic E-state index is 2.43. The molecule has 0 nitrogen and oxygen atoms in total. The molecule has 0 bridgehead atoms. The Kier molecular flexibility index (Phi) is 10.7. The summed E-state index contributed by atoms with van der Waals surface area (Å²) < 4.78 is 0. The molecule has 0 aliphatic heterocycles. The highest BCUT2D eigenvalue weighted by Crippen LogP contribution is 2.53. The number of hydrogen-bond donors (Lipinski definition) is 0. The largest absolute Gasteiger partial charge is 0.0707 e. The van der Waals surface area contributed by atoms with Gasteiger partial charge in [-0.3, -0.25) is 0 Å². The molecule has 12 aromatic rings. The maximum absolute atomic E-state index is 2.43. The highest BCUT2D eigenvalue weighted by molar-refractivity contribution is 6.22. The van der Waals surface area contributed by atoms with E-state index in [2.05, 4.69) is 284 Å². The van der Waals surface area contributed by atoms with E-state index < -0.39 is 5.41 Å². The molecule has 1 aliphatic rings.